The van der Waals surface area contributed by atoms with Crippen LogP contribution < -0.4 is 0 Å². The molecule has 0 spiro atoms. The van der Waals surface area contributed by atoms with E-state index in [0.717, 1.165) is 109 Å². The van der Waals surface area contributed by atoms with Crippen molar-refractivity contribution in [3.05, 3.63) is 134 Å². The van der Waals surface area contributed by atoms with Crippen LogP contribution in [0.2, 0.25) is 0 Å². The van der Waals surface area contributed by atoms with E-state index in [1.54, 1.807) is 0 Å². The summed E-state index contributed by atoms with van der Waals surface area (Å²) in [5.41, 5.74) is 0. The van der Waals surface area contributed by atoms with E-state index in [9.17, 15) is 14.7 Å². The standard InChI is InChI=1S/C79H134O5/c1-3-5-7-9-11-13-15-17-19-21-23-25-27-29-31-33-35-37-38-39-40-42-44-46-48-50-52-54-56-58-60-62-64-66-68-70-72-74-79(82)84-77(75-80)76-83-78(81)73-71-69-67-65-63-61-59-57-55-53-51-49-47-45-43-41-36-34-32-30-28-26-24-22-20-18-16-14-12-10-8-6-4-2/h5,7,11,13,16-19,22-25,29,31,35,37,39-40,44,46,50,52,77,80H,3-4,6,8-10,12,14-15,20-21,26-28,30,32-34,36,38,41-43,45,47-49,51,53-76H2,1-2H3/b7-5-,13-11-,18-16-,19-17-,24-22-,25-23-,31-29-,37-35-,40-39-,46-44-,52-50-. The zero-order valence-corrected chi connectivity index (χ0v) is 55.1. The number of hydrogen-bond acceptors (Lipinski definition) is 5. The van der Waals surface area contributed by atoms with Crippen LogP contribution in [0.15, 0.2) is 134 Å². The number of allylic oxidation sites excluding steroid dienone is 22. The van der Waals surface area contributed by atoms with Gasteiger partial charge in [-0.3, -0.25) is 9.59 Å². The third-order valence-corrected chi connectivity index (χ3v) is 15.4. The lowest BCUT2D eigenvalue weighted by Gasteiger charge is -2.15. The van der Waals surface area contributed by atoms with Gasteiger partial charge in [-0.25, -0.2) is 0 Å². The van der Waals surface area contributed by atoms with Crippen LogP contribution in [0.1, 0.15) is 335 Å². The summed E-state index contributed by atoms with van der Waals surface area (Å²) >= 11 is 0. The van der Waals surface area contributed by atoms with Gasteiger partial charge in [-0.1, -0.05) is 340 Å². The second-order valence-electron chi connectivity index (χ2n) is 23.6. The van der Waals surface area contributed by atoms with Crippen molar-refractivity contribution < 1.29 is 24.2 Å². The lowest BCUT2D eigenvalue weighted by atomic mass is 10.0. The normalized spacial score (nSPS) is 13.0. The number of carbonyl (C=O) groups excluding carboxylic acids is 2. The minimum Gasteiger partial charge on any atom is -0.462 e. The molecule has 5 heteroatoms. The van der Waals surface area contributed by atoms with Crippen LogP contribution in [-0.4, -0.2) is 36.4 Å². The van der Waals surface area contributed by atoms with Gasteiger partial charge < -0.3 is 14.6 Å². The molecule has 1 atom stereocenters. The fraction of sp³-hybridized carbons (Fsp3) is 0.696. The van der Waals surface area contributed by atoms with Gasteiger partial charge in [-0.15, -0.1) is 0 Å². The molecule has 5 nitrogen and oxygen atoms in total. The van der Waals surface area contributed by atoms with E-state index in [-0.39, 0.29) is 25.2 Å². The van der Waals surface area contributed by atoms with Crippen LogP contribution in [0, 0.1) is 0 Å². The van der Waals surface area contributed by atoms with Gasteiger partial charge >= 0.3 is 11.9 Å². The van der Waals surface area contributed by atoms with Crippen molar-refractivity contribution in [1.82, 2.24) is 0 Å². The topological polar surface area (TPSA) is 72.8 Å². The lowest BCUT2D eigenvalue weighted by molar-refractivity contribution is -0.161. The van der Waals surface area contributed by atoms with Gasteiger partial charge in [0.25, 0.3) is 0 Å². The van der Waals surface area contributed by atoms with Crippen molar-refractivity contribution >= 4 is 11.9 Å². The predicted molar refractivity (Wildman–Crippen MR) is 371 cm³/mol. The average Bonchev–Trinajstić information content (AvgIpc) is 3.51. The van der Waals surface area contributed by atoms with Crippen LogP contribution >= 0.6 is 0 Å². The van der Waals surface area contributed by atoms with Gasteiger partial charge in [0.1, 0.15) is 6.61 Å². The maximum atomic E-state index is 12.4. The molecule has 1 unspecified atom stereocenters. The highest BCUT2D eigenvalue weighted by atomic mass is 16.6. The number of carbonyl (C=O) groups is 2. The molecule has 0 aliphatic heterocycles. The van der Waals surface area contributed by atoms with Crippen molar-refractivity contribution in [1.29, 1.82) is 0 Å². The van der Waals surface area contributed by atoms with Gasteiger partial charge in [0.15, 0.2) is 6.10 Å². The SMILES string of the molecule is CC/C=C\C/C=C\C/C=C\C/C=C\C/C=C\C/C=C\C/C=C\C/C=C\C/C=C\CCCCCCCCCCCC(=O)OC(CO)COC(=O)CCCCCCCCCCCCCCCCCCCCCCC/C=C\C/C=C\CCCCCCC. The van der Waals surface area contributed by atoms with Crippen LogP contribution in [0.25, 0.3) is 0 Å². The molecule has 0 aliphatic carbocycles. The second-order valence-corrected chi connectivity index (χ2v) is 23.6. The Labute approximate surface area is 521 Å². The third kappa shape index (κ3) is 70.5. The molecule has 0 aliphatic rings. The fourth-order valence-electron chi connectivity index (χ4n) is 10.1. The number of unbranched alkanes of at least 4 members (excludes halogenated alkanes) is 35. The summed E-state index contributed by atoms with van der Waals surface area (Å²) in [4.78, 5) is 24.7. The highest BCUT2D eigenvalue weighted by Crippen LogP contribution is 2.17. The number of aliphatic hydroxyl groups is 1. The summed E-state index contributed by atoms with van der Waals surface area (Å²) < 4.78 is 10.8. The summed E-state index contributed by atoms with van der Waals surface area (Å²) in [6.07, 6.45) is 109. The lowest BCUT2D eigenvalue weighted by Crippen LogP contribution is -2.28. The van der Waals surface area contributed by atoms with Gasteiger partial charge in [-0.05, 0) is 116 Å². The first kappa shape index (κ1) is 80.0. The van der Waals surface area contributed by atoms with Crippen LogP contribution in [0.3, 0.4) is 0 Å². The Hall–Kier alpha value is -3.96. The minimum atomic E-state index is -0.784. The fourth-order valence-corrected chi connectivity index (χ4v) is 10.1. The molecule has 0 aromatic heterocycles. The number of ether oxygens (including phenoxy) is 2. The Bertz CT molecular complexity index is 1700. The van der Waals surface area contributed by atoms with Crippen LogP contribution in [0.4, 0.5) is 0 Å². The monoisotopic (exact) mass is 1160 g/mol. The summed E-state index contributed by atoms with van der Waals surface area (Å²) in [6, 6.07) is 0. The van der Waals surface area contributed by atoms with Crippen molar-refractivity contribution in [2.45, 2.75) is 341 Å². The largest absolute Gasteiger partial charge is 0.462 e. The zero-order valence-electron chi connectivity index (χ0n) is 55.1. The van der Waals surface area contributed by atoms with Gasteiger partial charge in [0.05, 0.1) is 6.61 Å². The predicted octanol–water partition coefficient (Wildman–Crippen LogP) is 25.1. The Morgan fingerprint density at radius 1 is 0.286 bits per heavy atom. The molecule has 0 rings (SSSR count). The summed E-state index contributed by atoms with van der Waals surface area (Å²) in [5.74, 6) is -0.591. The highest BCUT2D eigenvalue weighted by molar-refractivity contribution is 5.70. The molecule has 0 aromatic rings. The molecular formula is C79H134O5. The van der Waals surface area contributed by atoms with Crippen LogP contribution in [-0.2, 0) is 19.1 Å². The first-order valence-electron chi connectivity index (χ1n) is 35.7. The molecular weight excluding hydrogens is 1030 g/mol. The van der Waals surface area contributed by atoms with Crippen LogP contribution in [0.5, 0.6) is 0 Å². The van der Waals surface area contributed by atoms with E-state index < -0.39 is 6.10 Å². The molecule has 0 bridgehead atoms. The Balaban J connectivity index is 3.51. The number of rotatable bonds is 65. The number of esters is 2. The van der Waals surface area contributed by atoms with Crippen molar-refractivity contribution in [2.24, 2.45) is 0 Å². The second kappa shape index (κ2) is 73.3. The van der Waals surface area contributed by atoms with Crippen molar-refractivity contribution in [3.8, 4) is 0 Å². The molecule has 84 heavy (non-hydrogen) atoms. The molecule has 0 radical (unpaired) electrons. The van der Waals surface area contributed by atoms with E-state index >= 15 is 0 Å². The molecule has 480 valence electrons. The van der Waals surface area contributed by atoms with E-state index in [4.69, 9.17) is 9.47 Å². The quantitative estimate of drug-likeness (QED) is 0.0373. The summed E-state index contributed by atoms with van der Waals surface area (Å²) in [6.45, 7) is 4.04. The first-order chi connectivity index (χ1) is 41.6. The van der Waals surface area contributed by atoms with E-state index in [1.165, 1.54) is 199 Å². The summed E-state index contributed by atoms with van der Waals surface area (Å²) in [5, 5.41) is 9.71. The average molecular weight is 1160 g/mol. The zero-order chi connectivity index (χ0) is 60.5. The third-order valence-electron chi connectivity index (χ3n) is 15.4. The van der Waals surface area contributed by atoms with Gasteiger partial charge in [-0.2, -0.15) is 0 Å². The molecule has 0 amide bonds. The van der Waals surface area contributed by atoms with E-state index in [2.05, 4.69) is 148 Å². The maximum Gasteiger partial charge on any atom is 0.306 e. The Morgan fingerprint density at radius 2 is 0.512 bits per heavy atom. The van der Waals surface area contributed by atoms with Gasteiger partial charge in [0, 0.05) is 12.8 Å². The minimum absolute atomic E-state index is 0.0717. The van der Waals surface area contributed by atoms with Crippen molar-refractivity contribution in [3.63, 3.8) is 0 Å². The molecule has 0 aromatic carbocycles. The highest BCUT2D eigenvalue weighted by Gasteiger charge is 2.16. The maximum absolute atomic E-state index is 12.4. The Morgan fingerprint density at radius 3 is 0.774 bits per heavy atom. The molecule has 0 heterocycles. The number of hydrogen-bond donors (Lipinski definition) is 1. The Kier molecular flexibility index (Phi) is 69.8. The van der Waals surface area contributed by atoms with E-state index in [0.29, 0.717) is 12.8 Å². The van der Waals surface area contributed by atoms with E-state index in [1.807, 2.05) is 0 Å². The molecule has 0 fully saturated rings. The number of aliphatic hydroxyl groups excluding tert-OH is 1. The molecule has 0 saturated heterocycles. The van der Waals surface area contributed by atoms with Gasteiger partial charge in [0.2, 0.25) is 0 Å². The first-order valence-corrected chi connectivity index (χ1v) is 35.7. The molecule has 0 saturated carbocycles. The molecule has 1 N–H and O–H groups in total. The smallest absolute Gasteiger partial charge is 0.306 e. The summed E-state index contributed by atoms with van der Waals surface area (Å²) in [7, 11) is 0. The van der Waals surface area contributed by atoms with Crippen molar-refractivity contribution in [2.75, 3.05) is 13.2 Å².